The second kappa shape index (κ2) is 5.92. The van der Waals surface area contributed by atoms with Crippen LogP contribution in [0.15, 0.2) is 16.9 Å². The summed E-state index contributed by atoms with van der Waals surface area (Å²) in [5.41, 5.74) is 4.92. The molecular formula is C17H23N5O. The van der Waals surface area contributed by atoms with Crippen molar-refractivity contribution in [1.82, 2.24) is 24.9 Å². The average Bonchev–Trinajstić information content (AvgIpc) is 2.92. The van der Waals surface area contributed by atoms with Crippen LogP contribution >= 0.6 is 0 Å². The number of aromatic amines is 1. The fraction of sp³-hybridized carbons (Fsp3) is 0.588. The van der Waals surface area contributed by atoms with Crippen molar-refractivity contribution in [2.45, 2.75) is 45.7 Å². The van der Waals surface area contributed by atoms with Crippen molar-refractivity contribution in [3.63, 3.8) is 0 Å². The Balaban J connectivity index is 1.34. The van der Waals surface area contributed by atoms with Gasteiger partial charge in [0, 0.05) is 37.3 Å². The van der Waals surface area contributed by atoms with Gasteiger partial charge in [0.1, 0.15) is 0 Å². The van der Waals surface area contributed by atoms with Crippen LogP contribution in [0.5, 0.6) is 0 Å². The maximum atomic E-state index is 11.8. The first-order valence-electron chi connectivity index (χ1n) is 8.51. The predicted molar refractivity (Wildman–Crippen MR) is 87.2 cm³/mol. The topological polar surface area (TPSA) is 66.8 Å². The van der Waals surface area contributed by atoms with E-state index in [1.54, 1.807) is 16.8 Å². The quantitative estimate of drug-likeness (QED) is 0.923. The number of aryl methyl sites for hydroxylation is 2. The van der Waals surface area contributed by atoms with Crippen molar-refractivity contribution >= 4 is 0 Å². The highest BCUT2D eigenvalue weighted by Crippen LogP contribution is 2.25. The van der Waals surface area contributed by atoms with Crippen molar-refractivity contribution in [2.24, 2.45) is 5.92 Å². The van der Waals surface area contributed by atoms with E-state index >= 15 is 0 Å². The van der Waals surface area contributed by atoms with Crippen LogP contribution in [-0.4, -0.2) is 38.0 Å². The van der Waals surface area contributed by atoms with Gasteiger partial charge in [-0.2, -0.15) is 10.2 Å². The van der Waals surface area contributed by atoms with E-state index < -0.39 is 0 Å². The number of aromatic nitrogens is 4. The summed E-state index contributed by atoms with van der Waals surface area (Å²) in [6, 6.07) is 3.38. The molecule has 2 aromatic heterocycles. The molecule has 0 aromatic carbocycles. The molecular weight excluding hydrogens is 290 g/mol. The smallest absolute Gasteiger partial charge is 0.266 e. The molecule has 2 aliphatic rings. The summed E-state index contributed by atoms with van der Waals surface area (Å²) in [6.07, 6.45) is 4.87. The van der Waals surface area contributed by atoms with Crippen molar-refractivity contribution in [3.05, 3.63) is 45.1 Å². The molecule has 4 rings (SSSR count). The zero-order chi connectivity index (χ0) is 15.8. The fourth-order valence-electron chi connectivity index (χ4n) is 3.74. The maximum Gasteiger partial charge on any atom is 0.266 e. The van der Waals surface area contributed by atoms with Gasteiger partial charge in [-0.25, -0.2) is 4.68 Å². The summed E-state index contributed by atoms with van der Waals surface area (Å²) in [6.45, 7) is 5.60. The maximum absolute atomic E-state index is 11.8. The van der Waals surface area contributed by atoms with Crippen molar-refractivity contribution in [1.29, 1.82) is 0 Å². The van der Waals surface area contributed by atoms with E-state index in [1.165, 1.54) is 36.2 Å². The minimum absolute atomic E-state index is 0.00424. The van der Waals surface area contributed by atoms with E-state index in [2.05, 4.69) is 20.2 Å². The van der Waals surface area contributed by atoms with Crippen LogP contribution in [0, 0.1) is 12.8 Å². The summed E-state index contributed by atoms with van der Waals surface area (Å²) in [4.78, 5) is 14.2. The summed E-state index contributed by atoms with van der Waals surface area (Å²) in [5, 5.41) is 12.1. The van der Waals surface area contributed by atoms with Gasteiger partial charge in [-0.1, -0.05) is 0 Å². The number of fused-ring (bicyclic) bond motifs is 1. The van der Waals surface area contributed by atoms with Gasteiger partial charge in [-0.05, 0) is 44.2 Å². The molecule has 122 valence electrons. The summed E-state index contributed by atoms with van der Waals surface area (Å²) in [5.74, 6) is 0.511. The van der Waals surface area contributed by atoms with Crippen LogP contribution in [0.1, 0.15) is 35.5 Å². The van der Waals surface area contributed by atoms with Crippen LogP contribution in [-0.2, 0) is 25.9 Å². The third kappa shape index (κ3) is 2.95. The summed E-state index contributed by atoms with van der Waals surface area (Å²) in [7, 11) is 0. The highest BCUT2D eigenvalue weighted by Gasteiger charge is 2.29. The van der Waals surface area contributed by atoms with Crippen LogP contribution in [0.4, 0.5) is 0 Å². The van der Waals surface area contributed by atoms with E-state index in [9.17, 15) is 4.79 Å². The lowest BCUT2D eigenvalue weighted by Crippen LogP contribution is -2.49. The molecule has 0 unspecified atom stereocenters. The molecule has 0 amide bonds. The lowest BCUT2D eigenvalue weighted by Gasteiger charge is -2.39. The van der Waals surface area contributed by atoms with Gasteiger partial charge >= 0.3 is 0 Å². The molecule has 0 atom stereocenters. The van der Waals surface area contributed by atoms with Crippen molar-refractivity contribution in [2.75, 3.05) is 13.1 Å². The lowest BCUT2D eigenvalue weighted by molar-refractivity contribution is 0.0750. The Morgan fingerprint density at radius 3 is 2.96 bits per heavy atom. The number of rotatable bonds is 4. The Labute approximate surface area is 135 Å². The Kier molecular flexibility index (Phi) is 3.77. The molecule has 0 saturated carbocycles. The van der Waals surface area contributed by atoms with Crippen LogP contribution in [0.2, 0.25) is 0 Å². The first-order chi connectivity index (χ1) is 11.2. The molecule has 6 nitrogen and oxygen atoms in total. The number of hydrogen-bond acceptors (Lipinski definition) is 4. The Hall–Kier alpha value is -1.95. The molecule has 0 spiro atoms. The fourth-order valence-corrected chi connectivity index (χ4v) is 3.74. The van der Waals surface area contributed by atoms with Crippen molar-refractivity contribution < 1.29 is 0 Å². The zero-order valence-corrected chi connectivity index (χ0v) is 13.6. The molecule has 6 heteroatoms. The first kappa shape index (κ1) is 14.6. The molecule has 1 aliphatic heterocycles. The number of likely N-dealkylation sites (tertiary alicyclic amines) is 1. The largest absolute Gasteiger partial charge is 0.297 e. The predicted octanol–water partition coefficient (Wildman–Crippen LogP) is 1.29. The number of H-pyrrole nitrogens is 1. The molecule has 3 heterocycles. The van der Waals surface area contributed by atoms with Gasteiger partial charge in [-0.15, -0.1) is 0 Å². The molecule has 1 fully saturated rings. The minimum Gasteiger partial charge on any atom is -0.297 e. The monoisotopic (exact) mass is 313 g/mol. The van der Waals surface area contributed by atoms with E-state index in [4.69, 9.17) is 0 Å². The molecule has 0 bridgehead atoms. The number of nitrogens with zero attached hydrogens (tertiary/aromatic N) is 4. The minimum atomic E-state index is -0.00424. The normalized spacial score (nSPS) is 18.7. The number of hydrogen-bond donors (Lipinski definition) is 1. The van der Waals surface area contributed by atoms with Gasteiger partial charge in [0.25, 0.3) is 5.56 Å². The summed E-state index contributed by atoms with van der Waals surface area (Å²) >= 11 is 0. The lowest BCUT2D eigenvalue weighted by atomic mass is 9.94. The molecule has 2 aromatic rings. The molecule has 1 saturated heterocycles. The summed E-state index contributed by atoms with van der Waals surface area (Å²) < 4.78 is 1.60. The first-order valence-corrected chi connectivity index (χ1v) is 8.51. The van der Waals surface area contributed by atoms with E-state index in [1.807, 2.05) is 6.92 Å². The van der Waals surface area contributed by atoms with E-state index in [0.29, 0.717) is 5.92 Å². The van der Waals surface area contributed by atoms with Crippen LogP contribution in [0.25, 0.3) is 0 Å². The molecule has 1 aliphatic carbocycles. The van der Waals surface area contributed by atoms with Gasteiger partial charge in [0.2, 0.25) is 0 Å². The number of nitrogens with one attached hydrogen (secondary N) is 1. The van der Waals surface area contributed by atoms with Crippen LogP contribution < -0.4 is 5.56 Å². The van der Waals surface area contributed by atoms with Gasteiger partial charge in [-0.3, -0.25) is 14.8 Å². The molecule has 23 heavy (non-hydrogen) atoms. The molecule has 0 radical (unpaired) electrons. The Morgan fingerprint density at radius 2 is 2.09 bits per heavy atom. The zero-order valence-electron chi connectivity index (χ0n) is 13.6. The highest BCUT2D eigenvalue weighted by molar-refractivity contribution is 5.27. The standard InChI is InChI=1S/C17H23N5O/c1-12-6-7-17(23)22(20-12)10-13-8-21(9-13)11-16-14-4-2-3-5-15(14)18-19-16/h6-7,13H,2-5,8-11H2,1H3,(H,18,19). The highest BCUT2D eigenvalue weighted by atomic mass is 16.1. The van der Waals surface area contributed by atoms with Gasteiger partial charge < -0.3 is 0 Å². The SMILES string of the molecule is Cc1ccc(=O)n(CC2CN(Cc3n[nH]c4c3CCCC4)C2)n1. The second-order valence-electron chi connectivity index (χ2n) is 6.89. The Bertz CT molecular complexity index is 757. The Morgan fingerprint density at radius 1 is 1.26 bits per heavy atom. The van der Waals surface area contributed by atoms with Gasteiger partial charge in [0.05, 0.1) is 17.9 Å². The van der Waals surface area contributed by atoms with Gasteiger partial charge in [0.15, 0.2) is 0 Å². The average molecular weight is 313 g/mol. The van der Waals surface area contributed by atoms with E-state index in [-0.39, 0.29) is 5.56 Å². The third-order valence-electron chi connectivity index (χ3n) is 4.98. The second-order valence-corrected chi connectivity index (χ2v) is 6.89. The molecule has 1 N–H and O–H groups in total. The van der Waals surface area contributed by atoms with Crippen LogP contribution in [0.3, 0.4) is 0 Å². The van der Waals surface area contributed by atoms with Crippen molar-refractivity contribution in [3.8, 4) is 0 Å². The van der Waals surface area contributed by atoms with E-state index in [0.717, 1.165) is 38.3 Å². The third-order valence-corrected chi connectivity index (χ3v) is 4.98.